The highest BCUT2D eigenvalue weighted by Crippen LogP contribution is 2.14. The number of ether oxygens (including phenoxy) is 3. The zero-order valence-corrected chi connectivity index (χ0v) is 16.7. The number of rotatable bonds is 5. The third-order valence-corrected chi connectivity index (χ3v) is 4.09. The molecule has 1 saturated carbocycles. The molecular formula is C20H27NO7. The quantitative estimate of drug-likeness (QED) is 0.426. The fourth-order valence-corrected chi connectivity index (χ4v) is 2.42. The van der Waals surface area contributed by atoms with Crippen LogP contribution in [0.15, 0.2) is 24.3 Å². The predicted molar refractivity (Wildman–Crippen MR) is 102 cm³/mol. The number of ketones is 1. The second-order valence-electron chi connectivity index (χ2n) is 6.37. The number of hydrogen-bond acceptors (Lipinski definition) is 8. The van der Waals surface area contributed by atoms with Crippen LogP contribution in [-0.4, -0.2) is 58.1 Å². The molecule has 0 atom stereocenters. The Morgan fingerprint density at radius 2 is 1.39 bits per heavy atom. The largest absolute Gasteiger partial charge is 0.466 e. The van der Waals surface area contributed by atoms with Gasteiger partial charge in [0.2, 0.25) is 0 Å². The molecule has 28 heavy (non-hydrogen) atoms. The van der Waals surface area contributed by atoms with E-state index in [1.54, 1.807) is 12.1 Å². The van der Waals surface area contributed by atoms with Crippen LogP contribution in [0.1, 0.15) is 42.5 Å². The lowest BCUT2D eigenvalue weighted by atomic mass is 10.00. The lowest BCUT2D eigenvalue weighted by molar-refractivity contribution is -0.165. The van der Waals surface area contributed by atoms with Crippen LogP contribution in [0.5, 0.6) is 0 Å². The number of carbonyl (C=O) groups is 4. The summed E-state index contributed by atoms with van der Waals surface area (Å²) in [5.41, 5.74) is 1.10. The number of nitrogens with zero attached hydrogens (tertiary/aromatic N) is 1. The van der Waals surface area contributed by atoms with Crippen molar-refractivity contribution < 1.29 is 33.4 Å². The average Bonchev–Trinajstić information content (AvgIpc) is 2.71. The summed E-state index contributed by atoms with van der Waals surface area (Å²) in [7, 11) is 5.88. The first-order valence-corrected chi connectivity index (χ1v) is 8.95. The summed E-state index contributed by atoms with van der Waals surface area (Å²) in [5.74, 6) is -2.35. The van der Waals surface area contributed by atoms with Gasteiger partial charge in [0.1, 0.15) is 5.78 Å². The molecule has 0 amide bonds. The average molecular weight is 393 g/mol. The SMILES string of the molecule is COC(=O)C(OC(=O)c1ccc(N(C)C)cc1)C(=O)OC.O=C1CCCCC1. The molecule has 2 rings (SSSR count). The summed E-state index contributed by atoms with van der Waals surface area (Å²) >= 11 is 0. The summed E-state index contributed by atoms with van der Waals surface area (Å²) in [6, 6.07) is 6.48. The Balaban J connectivity index is 0.000000467. The molecule has 0 radical (unpaired) electrons. The molecule has 0 bridgehead atoms. The smallest absolute Gasteiger partial charge is 0.359 e. The van der Waals surface area contributed by atoms with Gasteiger partial charge in [-0.25, -0.2) is 14.4 Å². The van der Waals surface area contributed by atoms with E-state index in [2.05, 4.69) is 9.47 Å². The van der Waals surface area contributed by atoms with Gasteiger partial charge in [-0.1, -0.05) is 6.42 Å². The van der Waals surface area contributed by atoms with Crippen LogP contribution >= 0.6 is 0 Å². The lowest BCUT2D eigenvalue weighted by Crippen LogP contribution is -2.36. The molecular weight excluding hydrogens is 366 g/mol. The number of esters is 3. The molecule has 8 heteroatoms. The molecule has 1 aromatic rings. The normalized spacial score (nSPS) is 13.1. The second-order valence-corrected chi connectivity index (χ2v) is 6.37. The van der Waals surface area contributed by atoms with E-state index >= 15 is 0 Å². The molecule has 0 aliphatic heterocycles. The molecule has 154 valence electrons. The summed E-state index contributed by atoms with van der Waals surface area (Å²) in [4.78, 5) is 47.1. The number of Topliss-reactive ketones (excluding diaryl/α,β-unsaturated/α-hetero) is 1. The van der Waals surface area contributed by atoms with E-state index < -0.39 is 24.0 Å². The van der Waals surface area contributed by atoms with Gasteiger partial charge in [-0.05, 0) is 37.1 Å². The van der Waals surface area contributed by atoms with Crippen molar-refractivity contribution in [3.05, 3.63) is 29.8 Å². The van der Waals surface area contributed by atoms with Gasteiger partial charge in [0, 0.05) is 32.6 Å². The van der Waals surface area contributed by atoms with Crippen LogP contribution in [0.4, 0.5) is 5.69 Å². The Hall–Kier alpha value is -2.90. The Bertz CT molecular complexity index is 658. The van der Waals surface area contributed by atoms with Crippen molar-refractivity contribution in [1.82, 2.24) is 0 Å². The molecule has 8 nitrogen and oxygen atoms in total. The number of anilines is 1. The van der Waals surface area contributed by atoms with Crippen molar-refractivity contribution in [3.63, 3.8) is 0 Å². The van der Waals surface area contributed by atoms with Gasteiger partial charge in [-0.2, -0.15) is 0 Å². The van der Waals surface area contributed by atoms with Crippen molar-refractivity contribution in [2.75, 3.05) is 33.2 Å². The number of carbonyl (C=O) groups excluding carboxylic acids is 4. The highest BCUT2D eigenvalue weighted by atomic mass is 16.6. The van der Waals surface area contributed by atoms with Crippen LogP contribution in [0.25, 0.3) is 0 Å². The maximum Gasteiger partial charge on any atom is 0.359 e. The minimum Gasteiger partial charge on any atom is -0.466 e. The predicted octanol–water partition coefficient (Wildman–Crippen LogP) is 2.14. The van der Waals surface area contributed by atoms with Crippen molar-refractivity contribution in [1.29, 1.82) is 0 Å². The van der Waals surface area contributed by atoms with E-state index in [4.69, 9.17) is 4.74 Å². The molecule has 0 N–H and O–H groups in total. The van der Waals surface area contributed by atoms with Crippen molar-refractivity contribution in [2.45, 2.75) is 38.2 Å². The second kappa shape index (κ2) is 11.7. The molecule has 0 spiro atoms. The van der Waals surface area contributed by atoms with E-state index in [1.165, 1.54) is 18.6 Å². The molecule has 1 aliphatic carbocycles. The Morgan fingerprint density at radius 3 is 1.75 bits per heavy atom. The Labute approximate surface area is 164 Å². The first-order valence-electron chi connectivity index (χ1n) is 8.95. The molecule has 1 aromatic carbocycles. The highest BCUT2D eigenvalue weighted by molar-refractivity contribution is 6.01. The zero-order chi connectivity index (χ0) is 21.1. The monoisotopic (exact) mass is 393 g/mol. The van der Waals surface area contributed by atoms with E-state index in [-0.39, 0.29) is 5.56 Å². The minimum absolute atomic E-state index is 0.207. The fraction of sp³-hybridized carbons (Fsp3) is 0.500. The summed E-state index contributed by atoms with van der Waals surface area (Å²) in [6.45, 7) is 0. The van der Waals surface area contributed by atoms with Gasteiger partial charge in [0.15, 0.2) is 0 Å². The number of methoxy groups -OCH3 is 2. The first-order chi connectivity index (χ1) is 13.3. The lowest BCUT2D eigenvalue weighted by Gasteiger charge is -2.15. The first kappa shape index (κ1) is 23.1. The Morgan fingerprint density at radius 1 is 0.893 bits per heavy atom. The van der Waals surface area contributed by atoms with Crippen LogP contribution in [0, 0.1) is 0 Å². The van der Waals surface area contributed by atoms with Gasteiger partial charge in [-0.3, -0.25) is 4.79 Å². The standard InChI is InChI=1S/C14H17NO6.C6H10O/c1-15(2)10-7-5-9(6-8-10)12(16)21-11(13(17)19-3)14(18)20-4;7-6-4-2-1-3-5-6/h5-8,11H,1-4H3;1-5H2. The molecule has 0 unspecified atom stereocenters. The van der Waals surface area contributed by atoms with Gasteiger partial charge in [0.05, 0.1) is 19.8 Å². The number of benzene rings is 1. The molecule has 0 saturated heterocycles. The van der Waals surface area contributed by atoms with Crippen LogP contribution in [0.3, 0.4) is 0 Å². The molecule has 0 aromatic heterocycles. The van der Waals surface area contributed by atoms with E-state index in [1.807, 2.05) is 19.0 Å². The van der Waals surface area contributed by atoms with Gasteiger partial charge in [0.25, 0.3) is 6.10 Å². The summed E-state index contributed by atoms with van der Waals surface area (Å²) < 4.78 is 13.6. The molecule has 1 aliphatic rings. The van der Waals surface area contributed by atoms with Gasteiger partial charge < -0.3 is 19.1 Å². The highest BCUT2D eigenvalue weighted by Gasteiger charge is 2.33. The maximum atomic E-state index is 11.9. The third-order valence-electron chi connectivity index (χ3n) is 4.09. The van der Waals surface area contributed by atoms with E-state index in [9.17, 15) is 19.2 Å². The van der Waals surface area contributed by atoms with Crippen molar-refractivity contribution in [2.24, 2.45) is 0 Å². The van der Waals surface area contributed by atoms with Crippen molar-refractivity contribution >= 4 is 29.4 Å². The molecule has 0 heterocycles. The number of hydrogen-bond donors (Lipinski definition) is 0. The van der Waals surface area contributed by atoms with E-state index in [0.29, 0.717) is 5.78 Å². The topological polar surface area (TPSA) is 99.2 Å². The maximum absolute atomic E-state index is 11.9. The van der Waals surface area contributed by atoms with Crippen LogP contribution in [-0.2, 0) is 28.6 Å². The van der Waals surface area contributed by atoms with Gasteiger partial charge >= 0.3 is 17.9 Å². The third kappa shape index (κ3) is 7.38. The van der Waals surface area contributed by atoms with Crippen LogP contribution in [0.2, 0.25) is 0 Å². The fourth-order valence-electron chi connectivity index (χ4n) is 2.42. The van der Waals surface area contributed by atoms with Crippen molar-refractivity contribution in [3.8, 4) is 0 Å². The van der Waals surface area contributed by atoms with Crippen LogP contribution < -0.4 is 4.90 Å². The van der Waals surface area contributed by atoms with Gasteiger partial charge in [-0.15, -0.1) is 0 Å². The summed E-state index contributed by atoms with van der Waals surface area (Å²) in [5, 5.41) is 0. The Kier molecular flexibility index (Phi) is 9.70. The minimum atomic E-state index is -1.74. The molecule has 1 fully saturated rings. The zero-order valence-electron chi connectivity index (χ0n) is 16.7. The summed E-state index contributed by atoms with van der Waals surface area (Å²) in [6.07, 6.45) is 3.50. The van der Waals surface area contributed by atoms with E-state index in [0.717, 1.165) is 45.6 Å².